The fourth-order valence-electron chi connectivity index (χ4n) is 5.30. The van der Waals surface area contributed by atoms with Crippen LogP contribution in [0.3, 0.4) is 0 Å². The summed E-state index contributed by atoms with van der Waals surface area (Å²) in [7, 11) is 0. The minimum atomic E-state index is -0.589. The van der Waals surface area contributed by atoms with E-state index in [4.69, 9.17) is 4.74 Å². The van der Waals surface area contributed by atoms with Gasteiger partial charge in [0.05, 0.1) is 6.61 Å². The molecule has 3 heteroatoms. The van der Waals surface area contributed by atoms with Gasteiger partial charge in [-0.1, -0.05) is 0 Å². The summed E-state index contributed by atoms with van der Waals surface area (Å²) in [5.74, 6) is 3.85. The molecule has 0 aromatic carbocycles. The minimum Gasteiger partial charge on any atom is -0.386 e. The molecule has 1 saturated heterocycles. The maximum Gasteiger partial charge on any atom is 0.102 e. The lowest BCUT2D eigenvalue weighted by molar-refractivity contribution is -0.0297. The van der Waals surface area contributed by atoms with Gasteiger partial charge in [0.25, 0.3) is 0 Å². The smallest absolute Gasteiger partial charge is 0.102 e. The highest BCUT2D eigenvalue weighted by Crippen LogP contribution is 2.53. The fraction of sp³-hybridized carbons (Fsp3) is 1.00. The van der Waals surface area contributed by atoms with Crippen molar-refractivity contribution in [1.29, 1.82) is 0 Å². The Hall–Kier alpha value is -0.120. The van der Waals surface area contributed by atoms with Gasteiger partial charge in [-0.15, -0.1) is 0 Å². The molecule has 2 N–H and O–H groups in total. The maximum absolute atomic E-state index is 10.4. The highest BCUT2D eigenvalue weighted by atomic mass is 16.5. The third-order valence-corrected chi connectivity index (χ3v) is 5.98. The third kappa shape index (κ3) is 1.91. The highest BCUT2D eigenvalue weighted by molar-refractivity contribution is 5.02. The maximum atomic E-state index is 10.4. The Labute approximate surface area is 109 Å². The summed E-state index contributed by atoms with van der Waals surface area (Å²) in [5, 5.41) is 14.1. The Morgan fingerprint density at radius 1 is 1.06 bits per heavy atom. The van der Waals surface area contributed by atoms with Crippen molar-refractivity contribution in [2.45, 2.75) is 50.2 Å². The van der Waals surface area contributed by atoms with Crippen molar-refractivity contribution >= 4 is 0 Å². The first-order valence-electron chi connectivity index (χ1n) is 7.75. The summed E-state index contributed by atoms with van der Waals surface area (Å²) < 4.78 is 5.33. The van der Waals surface area contributed by atoms with Gasteiger partial charge < -0.3 is 15.2 Å². The molecule has 0 spiro atoms. The van der Waals surface area contributed by atoms with Gasteiger partial charge in [0.2, 0.25) is 0 Å². The molecule has 4 saturated carbocycles. The monoisotopic (exact) mass is 251 g/mol. The number of hydrogen-bond donors (Lipinski definition) is 2. The lowest BCUT2D eigenvalue weighted by atomic mass is 9.54. The SMILES string of the molecule is OC1(CNC2C3CC4CC(C3)CC2C4)CCOC1. The van der Waals surface area contributed by atoms with Crippen LogP contribution in [0.2, 0.25) is 0 Å². The van der Waals surface area contributed by atoms with Crippen molar-refractivity contribution in [3.63, 3.8) is 0 Å². The van der Waals surface area contributed by atoms with Gasteiger partial charge in [-0.2, -0.15) is 0 Å². The second-order valence-corrected chi connectivity index (χ2v) is 7.36. The van der Waals surface area contributed by atoms with E-state index in [0.717, 1.165) is 43.2 Å². The molecule has 0 radical (unpaired) electrons. The van der Waals surface area contributed by atoms with E-state index in [-0.39, 0.29) is 0 Å². The van der Waals surface area contributed by atoms with E-state index in [0.29, 0.717) is 12.6 Å². The third-order valence-electron chi connectivity index (χ3n) is 5.98. The minimum absolute atomic E-state index is 0.521. The molecule has 1 aliphatic heterocycles. The molecule has 0 aromatic rings. The molecule has 1 atom stereocenters. The van der Waals surface area contributed by atoms with E-state index in [2.05, 4.69) is 5.32 Å². The Kier molecular flexibility index (Phi) is 2.72. The van der Waals surface area contributed by atoms with Crippen LogP contribution in [0.4, 0.5) is 0 Å². The first kappa shape index (κ1) is 11.7. The summed E-state index contributed by atoms with van der Waals surface area (Å²) >= 11 is 0. The van der Waals surface area contributed by atoms with E-state index in [1.165, 1.54) is 32.1 Å². The van der Waals surface area contributed by atoms with Gasteiger partial charge >= 0.3 is 0 Å². The normalized spacial score (nSPS) is 54.2. The molecule has 18 heavy (non-hydrogen) atoms. The predicted molar refractivity (Wildman–Crippen MR) is 69.2 cm³/mol. The zero-order valence-corrected chi connectivity index (χ0v) is 11.1. The lowest BCUT2D eigenvalue weighted by Gasteiger charge is -2.55. The van der Waals surface area contributed by atoms with Crippen LogP contribution in [-0.4, -0.2) is 36.5 Å². The zero-order valence-electron chi connectivity index (χ0n) is 11.1. The average Bonchev–Trinajstić information content (AvgIpc) is 2.75. The van der Waals surface area contributed by atoms with Crippen molar-refractivity contribution in [2.24, 2.45) is 23.7 Å². The second kappa shape index (κ2) is 4.19. The summed E-state index contributed by atoms with van der Waals surface area (Å²) in [6, 6.07) is 0.683. The molecular formula is C15H25NO2. The number of aliphatic hydroxyl groups is 1. The lowest BCUT2D eigenvalue weighted by Crippen LogP contribution is -2.57. The first-order valence-corrected chi connectivity index (χ1v) is 7.75. The van der Waals surface area contributed by atoms with Crippen LogP contribution in [0.25, 0.3) is 0 Å². The number of rotatable bonds is 3. The molecule has 102 valence electrons. The predicted octanol–water partition coefficient (Wildman–Crippen LogP) is 1.55. The highest BCUT2D eigenvalue weighted by Gasteiger charge is 2.48. The molecule has 5 rings (SSSR count). The Bertz CT molecular complexity index is 296. The van der Waals surface area contributed by atoms with Crippen LogP contribution in [0.1, 0.15) is 38.5 Å². The van der Waals surface area contributed by atoms with E-state index < -0.39 is 5.60 Å². The molecule has 4 aliphatic carbocycles. The number of nitrogens with one attached hydrogen (secondary N) is 1. The molecule has 5 aliphatic rings. The van der Waals surface area contributed by atoms with Crippen molar-refractivity contribution in [1.82, 2.24) is 5.32 Å². The fourth-order valence-corrected chi connectivity index (χ4v) is 5.30. The summed E-state index contributed by atoms with van der Waals surface area (Å²) in [5.41, 5.74) is -0.589. The van der Waals surface area contributed by atoms with Crippen molar-refractivity contribution in [3.05, 3.63) is 0 Å². The zero-order chi connectivity index (χ0) is 12.2. The van der Waals surface area contributed by atoms with Gasteiger partial charge in [-0.3, -0.25) is 0 Å². The van der Waals surface area contributed by atoms with Crippen LogP contribution in [0, 0.1) is 23.7 Å². The standard InChI is InChI=1S/C15H25NO2/c17-15(1-2-18-9-15)8-16-14-12-4-10-3-11(6-12)7-13(14)5-10/h10-14,16-17H,1-9H2. The Morgan fingerprint density at radius 2 is 1.72 bits per heavy atom. The average molecular weight is 251 g/mol. The summed E-state index contributed by atoms with van der Waals surface area (Å²) in [6.07, 6.45) is 8.09. The molecule has 4 bridgehead atoms. The van der Waals surface area contributed by atoms with Gasteiger partial charge in [0.1, 0.15) is 5.60 Å². The van der Waals surface area contributed by atoms with Crippen LogP contribution in [0.15, 0.2) is 0 Å². The Morgan fingerprint density at radius 3 is 2.28 bits per heavy atom. The molecule has 1 heterocycles. The van der Waals surface area contributed by atoms with Gasteiger partial charge in [0, 0.05) is 25.6 Å². The van der Waals surface area contributed by atoms with Crippen molar-refractivity contribution < 1.29 is 9.84 Å². The van der Waals surface area contributed by atoms with Gasteiger partial charge in [-0.05, 0) is 55.8 Å². The van der Waals surface area contributed by atoms with Gasteiger partial charge in [0.15, 0.2) is 0 Å². The number of ether oxygens (including phenoxy) is 1. The Balaban J connectivity index is 1.40. The second-order valence-electron chi connectivity index (χ2n) is 7.36. The van der Waals surface area contributed by atoms with E-state index in [9.17, 15) is 5.11 Å². The summed E-state index contributed by atoms with van der Waals surface area (Å²) in [4.78, 5) is 0. The van der Waals surface area contributed by atoms with Crippen LogP contribution < -0.4 is 5.32 Å². The van der Waals surface area contributed by atoms with E-state index in [1.807, 2.05) is 0 Å². The van der Waals surface area contributed by atoms with E-state index in [1.54, 1.807) is 0 Å². The summed E-state index contributed by atoms with van der Waals surface area (Å²) in [6.45, 7) is 1.98. The van der Waals surface area contributed by atoms with Crippen molar-refractivity contribution in [3.8, 4) is 0 Å². The molecule has 0 amide bonds. The van der Waals surface area contributed by atoms with Crippen molar-refractivity contribution in [2.75, 3.05) is 19.8 Å². The molecule has 3 nitrogen and oxygen atoms in total. The molecule has 5 fully saturated rings. The topological polar surface area (TPSA) is 41.5 Å². The van der Waals surface area contributed by atoms with Crippen LogP contribution >= 0.6 is 0 Å². The molecular weight excluding hydrogens is 226 g/mol. The van der Waals surface area contributed by atoms with E-state index >= 15 is 0 Å². The van der Waals surface area contributed by atoms with Gasteiger partial charge in [-0.25, -0.2) is 0 Å². The largest absolute Gasteiger partial charge is 0.386 e. The first-order chi connectivity index (χ1) is 8.72. The van der Waals surface area contributed by atoms with Crippen LogP contribution in [-0.2, 0) is 4.74 Å². The number of hydrogen-bond acceptors (Lipinski definition) is 3. The quantitative estimate of drug-likeness (QED) is 0.799. The molecule has 1 unspecified atom stereocenters. The molecule has 0 aromatic heterocycles. The van der Waals surface area contributed by atoms with Crippen LogP contribution in [0.5, 0.6) is 0 Å².